The molecular formula is C31H41N3O3. The van der Waals surface area contributed by atoms with Crippen LogP contribution in [0.15, 0.2) is 36.4 Å². The largest absolute Gasteiger partial charge is 0.488 e. The fourth-order valence-electron chi connectivity index (χ4n) is 4.47. The van der Waals surface area contributed by atoms with Crippen LogP contribution in [0.5, 0.6) is 5.75 Å². The van der Waals surface area contributed by atoms with Gasteiger partial charge in [-0.3, -0.25) is 0 Å². The quantitative estimate of drug-likeness (QED) is 0.290. The van der Waals surface area contributed by atoms with Gasteiger partial charge in [-0.15, -0.1) is 0 Å². The summed E-state index contributed by atoms with van der Waals surface area (Å²) in [7, 11) is 0. The highest BCUT2D eigenvalue weighted by Crippen LogP contribution is 2.31. The molecule has 0 radical (unpaired) electrons. The monoisotopic (exact) mass is 503 g/mol. The van der Waals surface area contributed by atoms with Gasteiger partial charge in [0.05, 0.1) is 11.3 Å². The normalized spacial score (nSPS) is 12.2. The van der Waals surface area contributed by atoms with Gasteiger partial charge in [0.2, 0.25) is 0 Å². The van der Waals surface area contributed by atoms with Crippen LogP contribution in [-0.2, 0) is 24.2 Å². The van der Waals surface area contributed by atoms with Gasteiger partial charge in [-0.05, 0) is 66.8 Å². The summed E-state index contributed by atoms with van der Waals surface area (Å²) in [6, 6.07) is 11.8. The van der Waals surface area contributed by atoms with Crippen LogP contribution in [0.1, 0.15) is 81.0 Å². The number of hydrogen-bond acceptors (Lipinski definition) is 5. The molecule has 0 aliphatic heterocycles. The Morgan fingerprint density at radius 2 is 1.65 bits per heavy atom. The van der Waals surface area contributed by atoms with Crippen molar-refractivity contribution in [3.8, 4) is 17.1 Å². The number of aromatic nitrogens is 2. The highest BCUT2D eigenvalue weighted by molar-refractivity contribution is 5.78. The van der Waals surface area contributed by atoms with E-state index < -0.39 is 12.0 Å². The average Bonchev–Trinajstić information content (AvgIpc) is 2.86. The van der Waals surface area contributed by atoms with Crippen molar-refractivity contribution >= 4 is 11.8 Å². The molecule has 2 aromatic carbocycles. The molecule has 3 aromatic rings. The Labute approximate surface area is 221 Å². The second-order valence-corrected chi connectivity index (χ2v) is 10.3. The molecular weight excluding hydrogens is 462 g/mol. The minimum absolute atomic E-state index is 0.135. The van der Waals surface area contributed by atoms with Crippen molar-refractivity contribution in [3.05, 3.63) is 69.9 Å². The minimum Gasteiger partial charge on any atom is -0.488 e. The molecule has 6 nitrogen and oxygen atoms in total. The predicted octanol–water partition coefficient (Wildman–Crippen LogP) is 7.11. The maximum Gasteiger partial charge on any atom is 0.326 e. The molecule has 1 aromatic heterocycles. The molecule has 1 atom stereocenters. The van der Waals surface area contributed by atoms with Crippen molar-refractivity contribution in [1.82, 2.24) is 9.97 Å². The van der Waals surface area contributed by atoms with Crippen molar-refractivity contribution in [1.29, 1.82) is 0 Å². The molecule has 3 rings (SSSR count). The molecule has 37 heavy (non-hydrogen) atoms. The number of carboxylic acids is 1. The number of carboxylic acid groups (broad SMARTS) is 1. The number of aliphatic carboxylic acids is 1. The molecule has 0 unspecified atom stereocenters. The number of benzene rings is 2. The lowest BCUT2D eigenvalue weighted by Crippen LogP contribution is -2.35. The third kappa shape index (κ3) is 6.48. The van der Waals surface area contributed by atoms with Gasteiger partial charge in [0.1, 0.15) is 24.2 Å². The second-order valence-electron chi connectivity index (χ2n) is 10.3. The summed E-state index contributed by atoms with van der Waals surface area (Å²) < 4.78 is 6.31. The Morgan fingerprint density at radius 3 is 2.19 bits per heavy atom. The Kier molecular flexibility index (Phi) is 9.30. The lowest BCUT2D eigenvalue weighted by atomic mass is 9.96. The average molecular weight is 504 g/mol. The highest BCUT2D eigenvalue weighted by Gasteiger charge is 2.25. The second kappa shape index (κ2) is 12.2. The molecule has 1 heterocycles. The van der Waals surface area contributed by atoms with E-state index in [0.717, 1.165) is 41.0 Å². The smallest absolute Gasteiger partial charge is 0.326 e. The molecule has 6 heteroatoms. The van der Waals surface area contributed by atoms with Gasteiger partial charge in [0.25, 0.3) is 0 Å². The molecule has 0 bridgehead atoms. The van der Waals surface area contributed by atoms with Gasteiger partial charge in [-0.1, -0.05) is 71.9 Å². The third-order valence-electron chi connectivity index (χ3n) is 6.91. The van der Waals surface area contributed by atoms with E-state index in [1.54, 1.807) is 0 Å². The van der Waals surface area contributed by atoms with Crippen molar-refractivity contribution in [2.75, 3.05) is 5.32 Å². The molecule has 0 saturated heterocycles. The van der Waals surface area contributed by atoms with E-state index in [2.05, 4.69) is 69.4 Å². The Hall–Kier alpha value is -3.41. The molecule has 0 aliphatic carbocycles. The zero-order valence-corrected chi connectivity index (χ0v) is 23.5. The lowest BCUT2D eigenvalue weighted by Gasteiger charge is -2.23. The van der Waals surface area contributed by atoms with Crippen LogP contribution in [0.25, 0.3) is 11.4 Å². The topological polar surface area (TPSA) is 84.3 Å². The highest BCUT2D eigenvalue weighted by atomic mass is 16.5. The summed E-state index contributed by atoms with van der Waals surface area (Å²) in [5.74, 6) is 1.27. The zero-order valence-electron chi connectivity index (χ0n) is 23.5. The summed E-state index contributed by atoms with van der Waals surface area (Å²) in [6.45, 7) is 16.5. The first-order valence-corrected chi connectivity index (χ1v) is 13.3. The number of nitrogens with one attached hydrogen (secondary N) is 1. The Morgan fingerprint density at radius 1 is 1.00 bits per heavy atom. The van der Waals surface area contributed by atoms with E-state index >= 15 is 0 Å². The fourth-order valence-corrected chi connectivity index (χ4v) is 4.47. The summed E-state index contributed by atoms with van der Waals surface area (Å²) in [5.41, 5.74) is 7.16. The van der Waals surface area contributed by atoms with E-state index in [0.29, 0.717) is 17.6 Å². The zero-order chi connectivity index (χ0) is 27.3. The van der Waals surface area contributed by atoms with Crippen molar-refractivity contribution in [2.24, 2.45) is 5.92 Å². The molecule has 0 saturated carbocycles. The van der Waals surface area contributed by atoms with Crippen LogP contribution >= 0.6 is 0 Å². The van der Waals surface area contributed by atoms with Crippen molar-refractivity contribution in [2.45, 2.75) is 86.8 Å². The molecule has 0 aliphatic rings. The van der Waals surface area contributed by atoms with Crippen LogP contribution in [0.4, 0.5) is 5.82 Å². The SMILES string of the molecule is CCc1cccc(CC)c1-c1nc(C)c(COc2cc(C(C)C)ccc2C)c(N[C@@H](C(=O)O)C(C)C)n1. The minimum atomic E-state index is -0.914. The van der Waals surface area contributed by atoms with E-state index in [-0.39, 0.29) is 12.5 Å². The van der Waals surface area contributed by atoms with Crippen LogP contribution in [0, 0.1) is 19.8 Å². The Balaban J connectivity index is 2.12. The van der Waals surface area contributed by atoms with Crippen LogP contribution < -0.4 is 10.1 Å². The Bertz CT molecular complexity index is 1230. The number of carbonyl (C=O) groups is 1. The van der Waals surface area contributed by atoms with Gasteiger partial charge in [-0.25, -0.2) is 14.8 Å². The standard InChI is InChI=1S/C31H41N3O3/c1-9-22-12-11-13-23(10-2)27(22)30-32-21(8)25(29(34-30)33-28(19(5)6)31(35)36)17-37-26-16-24(18(3)4)15-14-20(26)7/h11-16,18-19,28H,9-10,17H2,1-8H3,(H,35,36)(H,32,33,34)/t28-/m1/s1. The predicted molar refractivity (Wildman–Crippen MR) is 150 cm³/mol. The summed E-state index contributed by atoms with van der Waals surface area (Å²) >= 11 is 0. The molecule has 0 fully saturated rings. The number of nitrogens with zero attached hydrogens (tertiary/aromatic N) is 2. The fraction of sp³-hybridized carbons (Fsp3) is 0.452. The number of hydrogen-bond donors (Lipinski definition) is 2. The number of aryl methyl sites for hydroxylation is 4. The van der Waals surface area contributed by atoms with Gasteiger partial charge >= 0.3 is 5.97 Å². The first-order chi connectivity index (χ1) is 17.6. The first-order valence-electron chi connectivity index (χ1n) is 13.3. The van der Waals surface area contributed by atoms with Gasteiger partial charge in [0, 0.05) is 5.56 Å². The van der Waals surface area contributed by atoms with Gasteiger partial charge in [-0.2, -0.15) is 0 Å². The summed E-state index contributed by atoms with van der Waals surface area (Å²) in [4.78, 5) is 21.9. The number of rotatable bonds is 11. The van der Waals surface area contributed by atoms with E-state index in [1.165, 1.54) is 16.7 Å². The molecule has 0 spiro atoms. The molecule has 2 N–H and O–H groups in total. The summed E-state index contributed by atoms with van der Waals surface area (Å²) in [5, 5.41) is 13.1. The first kappa shape index (κ1) is 28.2. The van der Waals surface area contributed by atoms with Crippen LogP contribution in [0.3, 0.4) is 0 Å². The lowest BCUT2D eigenvalue weighted by molar-refractivity contribution is -0.138. The number of ether oxygens (including phenoxy) is 1. The van der Waals surface area contributed by atoms with Gasteiger partial charge in [0.15, 0.2) is 5.82 Å². The maximum absolute atomic E-state index is 12.1. The maximum atomic E-state index is 12.1. The van der Waals surface area contributed by atoms with E-state index in [4.69, 9.17) is 14.7 Å². The molecule has 0 amide bonds. The third-order valence-corrected chi connectivity index (χ3v) is 6.91. The van der Waals surface area contributed by atoms with Gasteiger partial charge < -0.3 is 15.2 Å². The van der Waals surface area contributed by atoms with Crippen LogP contribution in [-0.4, -0.2) is 27.1 Å². The van der Waals surface area contributed by atoms with Crippen LogP contribution in [0.2, 0.25) is 0 Å². The molecule has 198 valence electrons. The summed E-state index contributed by atoms with van der Waals surface area (Å²) in [6.07, 6.45) is 1.71. The van der Waals surface area contributed by atoms with E-state index in [1.807, 2.05) is 27.7 Å². The number of anilines is 1. The van der Waals surface area contributed by atoms with E-state index in [9.17, 15) is 9.90 Å². The van der Waals surface area contributed by atoms with Crippen molar-refractivity contribution < 1.29 is 14.6 Å². The van der Waals surface area contributed by atoms with Crippen molar-refractivity contribution in [3.63, 3.8) is 0 Å².